The van der Waals surface area contributed by atoms with Crippen LogP contribution >= 0.6 is 0 Å². The molecule has 0 aromatic rings. The first-order valence-corrected chi connectivity index (χ1v) is 9.95. The Hall–Kier alpha value is -3.06. The highest BCUT2D eigenvalue weighted by Gasteiger charge is 2.52. The summed E-state index contributed by atoms with van der Waals surface area (Å²) in [4.78, 5) is 69.6. The lowest BCUT2D eigenvalue weighted by Gasteiger charge is -2.43. The maximum absolute atomic E-state index is 12.1. The Bertz CT molecular complexity index is 746. The van der Waals surface area contributed by atoms with Crippen molar-refractivity contribution in [2.75, 3.05) is 20.3 Å². The molecule has 0 amide bonds. The molecule has 0 saturated carbocycles. The average Bonchev–Trinajstić information content (AvgIpc) is 2.71. The summed E-state index contributed by atoms with van der Waals surface area (Å²) < 4.78 is 36.2. The Kier molecular flexibility index (Phi) is 11.4. The summed E-state index contributed by atoms with van der Waals surface area (Å²) in [6.45, 7) is 3.42. The highest BCUT2D eigenvalue weighted by Crippen LogP contribution is 2.30. The van der Waals surface area contributed by atoms with Crippen molar-refractivity contribution >= 4 is 35.6 Å². The molecule has 1 saturated heterocycles. The highest BCUT2D eigenvalue weighted by molar-refractivity contribution is 5.83. The van der Waals surface area contributed by atoms with Crippen molar-refractivity contribution in [2.45, 2.75) is 71.2 Å². The number of ketones is 1. The van der Waals surface area contributed by atoms with Crippen LogP contribution in [0.2, 0.25) is 0 Å². The van der Waals surface area contributed by atoms with Crippen LogP contribution in [0.3, 0.4) is 0 Å². The van der Waals surface area contributed by atoms with Gasteiger partial charge in [-0.2, -0.15) is 0 Å². The molecule has 0 bridgehead atoms. The van der Waals surface area contributed by atoms with E-state index in [1.807, 2.05) is 0 Å². The van der Waals surface area contributed by atoms with Crippen molar-refractivity contribution in [1.29, 1.82) is 0 Å². The summed E-state index contributed by atoms with van der Waals surface area (Å²) in [5.41, 5.74) is 0. The van der Waals surface area contributed by atoms with Gasteiger partial charge in [-0.05, 0) is 0 Å². The van der Waals surface area contributed by atoms with E-state index >= 15 is 0 Å². The number of Topliss-reactive ketones (excluding diaryl/α,β-unsaturated/α-hetero) is 1. The number of hydrogen-bond acceptors (Lipinski definition) is 13. The molecule has 0 spiro atoms. The normalized spacial score (nSPS) is 24.2. The predicted molar refractivity (Wildman–Crippen MR) is 104 cm³/mol. The first-order chi connectivity index (χ1) is 15.4. The van der Waals surface area contributed by atoms with Crippen LogP contribution < -0.4 is 0 Å². The average molecular weight is 476 g/mol. The second-order valence-corrected chi connectivity index (χ2v) is 6.99. The number of carbonyl (C=O) groups excluding carboxylic acids is 6. The van der Waals surface area contributed by atoms with Crippen molar-refractivity contribution in [3.05, 3.63) is 0 Å². The monoisotopic (exact) mass is 476 g/mol. The molecule has 5 atom stereocenters. The molecule has 1 aliphatic heterocycles. The summed E-state index contributed by atoms with van der Waals surface area (Å²) in [6, 6.07) is 0. The fraction of sp³-hybridized carbons (Fsp3) is 0.700. The van der Waals surface area contributed by atoms with Crippen LogP contribution in [0.1, 0.15) is 40.5 Å². The molecular formula is C20H28O13. The maximum atomic E-state index is 12.1. The van der Waals surface area contributed by atoms with E-state index in [1.165, 1.54) is 7.11 Å². The van der Waals surface area contributed by atoms with Gasteiger partial charge in [0, 0.05) is 34.1 Å². The third-order valence-electron chi connectivity index (χ3n) is 4.19. The number of esters is 5. The molecule has 0 aromatic carbocycles. The highest BCUT2D eigenvalue weighted by atomic mass is 16.7. The zero-order valence-corrected chi connectivity index (χ0v) is 19.0. The van der Waals surface area contributed by atoms with E-state index < -0.39 is 79.5 Å². The summed E-state index contributed by atoms with van der Waals surface area (Å²) >= 11 is 0. The molecule has 1 aliphatic rings. The lowest BCUT2D eigenvalue weighted by Crippen LogP contribution is -2.63. The van der Waals surface area contributed by atoms with Gasteiger partial charge in [-0.1, -0.05) is 0 Å². The number of ether oxygens (including phenoxy) is 7. The molecule has 13 heteroatoms. The van der Waals surface area contributed by atoms with Crippen LogP contribution in [0, 0.1) is 0 Å². The van der Waals surface area contributed by atoms with E-state index in [-0.39, 0.29) is 12.8 Å². The van der Waals surface area contributed by atoms with E-state index in [2.05, 4.69) is 4.74 Å². The van der Waals surface area contributed by atoms with Gasteiger partial charge in [0.25, 0.3) is 0 Å². The SMILES string of the molecule is COC(=O)CCC(=O)CO[C@H]1O[C@H](COC(C)=O)[C@@H](OC(C)=O)[C@H](OC(C)=O)[C@H]1OC(C)=O. The predicted octanol–water partition coefficient (Wildman–Crippen LogP) is -0.392. The third kappa shape index (κ3) is 9.95. The largest absolute Gasteiger partial charge is 0.469 e. The van der Waals surface area contributed by atoms with Gasteiger partial charge in [0.2, 0.25) is 0 Å². The molecule has 0 aliphatic carbocycles. The van der Waals surface area contributed by atoms with Gasteiger partial charge < -0.3 is 33.2 Å². The van der Waals surface area contributed by atoms with Crippen molar-refractivity contribution in [3.8, 4) is 0 Å². The molecular weight excluding hydrogens is 448 g/mol. The van der Waals surface area contributed by atoms with Gasteiger partial charge >= 0.3 is 29.8 Å². The fourth-order valence-corrected chi connectivity index (χ4v) is 2.91. The summed E-state index contributed by atoms with van der Waals surface area (Å²) in [6.07, 6.45) is -7.17. The minimum Gasteiger partial charge on any atom is -0.469 e. The van der Waals surface area contributed by atoms with E-state index in [9.17, 15) is 28.8 Å². The lowest BCUT2D eigenvalue weighted by molar-refractivity contribution is -0.306. The van der Waals surface area contributed by atoms with Crippen LogP contribution in [0.25, 0.3) is 0 Å². The van der Waals surface area contributed by atoms with E-state index in [0.29, 0.717) is 0 Å². The Morgan fingerprint density at radius 3 is 1.79 bits per heavy atom. The maximum Gasteiger partial charge on any atom is 0.305 e. The Morgan fingerprint density at radius 2 is 1.27 bits per heavy atom. The second kappa shape index (κ2) is 13.5. The fourth-order valence-electron chi connectivity index (χ4n) is 2.91. The van der Waals surface area contributed by atoms with Gasteiger partial charge in [-0.15, -0.1) is 0 Å². The van der Waals surface area contributed by atoms with Gasteiger partial charge in [0.15, 0.2) is 30.4 Å². The van der Waals surface area contributed by atoms with Gasteiger partial charge in [0.1, 0.15) is 19.3 Å². The van der Waals surface area contributed by atoms with Gasteiger partial charge in [-0.25, -0.2) is 0 Å². The standard InChI is InChI=1S/C20H28O13/c1-10(21)28-9-15-17(30-11(2)22)18(31-12(3)23)19(32-13(4)24)20(33-15)29-8-14(25)6-7-16(26)27-5/h15,17-20H,6-9H2,1-5H3/t15-,17-,18+,19-,20+/m1/s1. The lowest BCUT2D eigenvalue weighted by atomic mass is 9.98. The molecule has 0 N–H and O–H groups in total. The van der Waals surface area contributed by atoms with Crippen molar-refractivity contribution in [2.24, 2.45) is 0 Å². The summed E-state index contributed by atoms with van der Waals surface area (Å²) in [5.74, 6) is -4.11. The molecule has 13 nitrogen and oxygen atoms in total. The molecule has 0 unspecified atom stereocenters. The molecule has 0 aromatic heterocycles. The van der Waals surface area contributed by atoms with Crippen LogP contribution in [-0.4, -0.2) is 86.7 Å². The quantitative estimate of drug-likeness (QED) is 0.279. The first-order valence-electron chi connectivity index (χ1n) is 9.95. The Labute approximate surface area is 189 Å². The van der Waals surface area contributed by atoms with Gasteiger partial charge in [-0.3, -0.25) is 28.8 Å². The van der Waals surface area contributed by atoms with Gasteiger partial charge in [0.05, 0.1) is 13.5 Å². The molecule has 186 valence electrons. The number of methoxy groups -OCH3 is 1. The van der Waals surface area contributed by atoms with Crippen molar-refractivity contribution < 1.29 is 61.9 Å². The van der Waals surface area contributed by atoms with Crippen LogP contribution in [0.4, 0.5) is 0 Å². The molecule has 1 rings (SSSR count). The van der Waals surface area contributed by atoms with Crippen LogP contribution in [0.5, 0.6) is 0 Å². The number of rotatable bonds is 11. The molecule has 1 heterocycles. The third-order valence-corrected chi connectivity index (χ3v) is 4.19. The van der Waals surface area contributed by atoms with Crippen molar-refractivity contribution in [1.82, 2.24) is 0 Å². The van der Waals surface area contributed by atoms with E-state index in [1.54, 1.807) is 0 Å². The number of hydrogen-bond donors (Lipinski definition) is 0. The molecule has 0 radical (unpaired) electrons. The number of carbonyl (C=O) groups is 6. The second-order valence-electron chi connectivity index (χ2n) is 6.99. The molecule has 1 fully saturated rings. The zero-order valence-electron chi connectivity index (χ0n) is 19.0. The minimum absolute atomic E-state index is 0.169. The zero-order chi connectivity index (χ0) is 25.1. The van der Waals surface area contributed by atoms with Crippen molar-refractivity contribution in [3.63, 3.8) is 0 Å². The smallest absolute Gasteiger partial charge is 0.305 e. The van der Waals surface area contributed by atoms with Crippen LogP contribution in [0.15, 0.2) is 0 Å². The Balaban J connectivity index is 3.15. The Morgan fingerprint density at radius 1 is 0.727 bits per heavy atom. The van der Waals surface area contributed by atoms with Crippen LogP contribution in [-0.2, 0) is 61.9 Å². The minimum atomic E-state index is -1.47. The van der Waals surface area contributed by atoms with E-state index in [0.717, 1.165) is 27.7 Å². The summed E-state index contributed by atoms with van der Waals surface area (Å²) in [7, 11) is 1.18. The summed E-state index contributed by atoms with van der Waals surface area (Å²) in [5, 5.41) is 0. The first kappa shape index (κ1) is 28.0. The van der Waals surface area contributed by atoms with E-state index in [4.69, 9.17) is 28.4 Å². The molecule has 33 heavy (non-hydrogen) atoms. The topological polar surface area (TPSA) is 167 Å².